The fourth-order valence-electron chi connectivity index (χ4n) is 2.26. The molecule has 1 rings (SSSR count). The molecule has 104 valence electrons. The fourth-order valence-corrected chi connectivity index (χ4v) is 2.85. The maximum atomic E-state index is 4.00. The molecule has 3 nitrogen and oxygen atoms in total. The molecular weight excluding hydrogens is 242 g/mol. The van der Waals surface area contributed by atoms with E-state index in [2.05, 4.69) is 35.7 Å². The lowest BCUT2D eigenvalue weighted by molar-refractivity contribution is 0.356. The van der Waals surface area contributed by atoms with Crippen molar-refractivity contribution in [1.29, 1.82) is 0 Å². The van der Waals surface area contributed by atoms with Crippen LogP contribution in [0.4, 0.5) is 0 Å². The first-order chi connectivity index (χ1) is 8.81. The molecule has 0 spiro atoms. The van der Waals surface area contributed by atoms with Gasteiger partial charge in [0.2, 0.25) is 0 Å². The predicted octanol–water partition coefficient (Wildman–Crippen LogP) is 4.19. The molecule has 0 fully saturated rings. The molecule has 0 radical (unpaired) electrons. The van der Waals surface area contributed by atoms with Crippen molar-refractivity contribution in [1.82, 2.24) is 14.9 Å². The topological polar surface area (TPSA) is 37.8 Å². The van der Waals surface area contributed by atoms with Crippen molar-refractivity contribution in [2.45, 2.75) is 65.3 Å². The third-order valence-electron chi connectivity index (χ3n) is 3.47. The zero-order valence-corrected chi connectivity index (χ0v) is 12.8. The Kier molecular flexibility index (Phi) is 8.18. The molecule has 1 N–H and O–H groups in total. The molecule has 2 atom stereocenters. The summed E-state index contributed by atoms with van der Waals surface area (Å²) in [4.78, 5) is 1.29. The largest absolute Gasteiger partial charge is 0.309 e. The normalized spacial score (nSPS) is 14.6. The Bertz CT molecular complexity index is 287. The smallest absolute Gasteiger partial charge is 0.0669 e. The molecule has 0 saturated carbocycles. The highest BCUT2D eigenvalue weighted by Gasteiger charge is 2.18. The van der Waals surface area contributed by atoms with Gasteiger partial charge < -0.3 is 5.32 Å². The van der Waals surface area contributed by atoms with E-state index >= 15 is 0 Å². The Balaban J connectivity index is 2.53. The molecule has 0 aromatic carbocycles. The van der Waals surface area contributed by atoms with Crippen molar-refractivity contribution in [3.8, 4) is 0 Å². The zero-order chi connectivity index (χ0) is 13.2. The Morgan fingerprint density at radius 1 is 1.28 bits per heavy atom. The zero-order valence-electron chi connectivity index (χ0n) is 12.0. The summed E-state index contributed by atoms with van der Waals surface area (Å²) in [6.45, 7) is 7.87. The van der Waals surface area contributed by atoms with Gasteiger partial charge in [0.15, 0.2) is 0 Å². The number of nitrogens with one attached hydrogen (secondary N) is 1. The maximum absolute atomic E-state index is 4.00. The van der Waals surface area contributed by atoms with E-state index in [1.165, 1.54) is 54.9 Å². The van der Waals surface area contributed by atoms with Crippen LogP contribution in [0.1, 0.15) is 70.2 Å². The van der Waals surface area contributed by atoms with Crippen LogP contribution in [0.2, 0.25) is 0 Å². The predicted molar refractivity (Wildman–Crippen MR) is 78.9 cm³/mol. The first-order valence-electron chi connectivity index (χ1n) is 7.32. The van der Waals surface area contributed by atoms with Crippen LogP contribution in [0.3, 0.4) is 0 Å². The van der Waals surface area contributed by atoms with Crippen molar-refractivity contribution >= 4 is 11.5 Å². The number of nitrogens with zero attached hydrogens (tertiary/aromatic N) is 2. The van der Waals surface area contributed by atoms with Crippen molar-refractivity contribution in [2.75, 3.05) is 6.54 Å². The van der Waals surface area contributed by atoms with E-state index in [1.807, 2.05) is 6.20 Å². The molecule has 0 saturated heterocycles. The summed E-state index contributed by atoms with van der Waals surface area (Å²) in [5, 5.41) is 7.62. The average Bonchev–Trinajstić information content (AvgIpc) is 2.92. The van der Waals surface area contributed by atoms with Gasteiger partial charge in [0.25, 0.3) is 0 Å². The molecule has 2 unspecified atom stereocenters. The van der Waals surface area contributed by atoms with Crippen LogP contribution in [-0.4, -0.2) is 16.1 Å². The van der Waals surface area contributed by atoms with Crippen LogP contribution in [0.15, 0.2) is 6.20 Å². The van der Waals surface area contributed by atoms with Gasteiger partial charge in [-0.1, -0.05) is 50.9 Å². The minimum absolute atomic E-state index is 0.451. The number of aromatic nitrogens is 2. The van der Waals surface area contributed by atoms with E-state index in [0.717, 1.165) is 12.5 Å². The SMILES string of the molecule is CCCCC(CC)CC(NCCC)c1cnns1. The third kappa shape index (κ3) is 5.44. The maximum Gasteiger partial charge on any atom is 0.0669 e. The molecule has 1 aromatic heterocycles. The van der Waals surface area contributed by atoms with Crippen molar-refractivity contribution in [3.63, 3.8) is 0 Å². The summed E-state index contributed by atoms with van der Waals surface area (Å²) in [7, 11) is 0. The molecule has 1 aromatic rings. The summed E-state index contributed by atoms with van der Waals surface area (Å²) in [5.41, 5.74) is 0. The fraction of sp³-hybridized carbons (Fsp3) is 0.857. The van der Waals surface area contributed by atoms with E-state index in [1.54, 1.807) is 0 Å². The summed E-state index contributed by atoms with van der Waals surface area (Å²) >= 11 is 1.53. The van der Waals surface area contributed by atoms with Gasteiger partial charge in [-0.2, -0.15) is 0 Å². The highest BCUT2D eigenvalue weighted by molar-refractivity contribution is 7.05. The minimum Gasteiger partial charge on any atom is -0.309 e. The molecular formula is C14H27N3S. The van der Waals surface area contributed by atoms with Gasteiger partial charge in [0.1, 0.15) is 0 Å². The van der Waals surface area contributed by atoms with Crippen LogP contribution in [0.5, 0.6) is 0 Å². The lowest BCUT2D eigenvalue weighted by atomic mass is 9.91. The first kappa shape index (κ1) is 15.6. The lowest BCUT2D eigenvalue weighted by Crippen LogP contribution is -2.23. The Labute approximate surface area is 116 Å². The summed E-state index contributed by atoms with van der Waals surface area (Å²) in [6.07, 6.45) is 9.59. The van der Waals surface area contributed by atoms with Crippen molar-refractivity contribution in [2.24, 2.45) is 5.92 Å². The minimum atomic E-state index is 0.451. The standard InChI is InChI=1S/C14H27N3S/c1-4-7-8-12(6-3)10-13(15-9-5-2)14-11-16-17-18-14/h11-13,15H,4-10H2,1-3H3. The average molecular weight is 269 g/mol. The second kappa shape index (κ2) is 9.45. The number of rotatable bonds is 10. The Morgan fingerprint density at radius 3 is 2.67 bits per heavy atom. The second-order valence-corrected chi connectivity index (χ2v) is 5.80. The van der Waals surface area contributed by atoms with Gasteiger partial charge >= 0.3 is 0 Å². The van der Waals surface area contributed by atoms with Gasteiger partial charge in [-0.3, -0.25) is 0 Å². The van der Waals surface area contributed by atoms with E-state index in [9.17, 15) is 0 Å². The van der Waals surface area contributed by atoms with E-state index in [0.29, 0.717) is 6.04 Å². The third-order valence-corrected chi connectivity index (χ3v) is 4.25. The molecule has 0 amide bonds. The van der Waals surface area contributed by atoms with Crippen molar-refractivity contribution in [3.05, 3.63) is 11.1 Å². The van der Waals surface area contributed by atoms with Crippen molar-refractivity contribution < 1.29 is 0 Å². The van der Waals surface area contributed by atoms with Crippen LogP contribution in [0.25, 0.3) is 0 Å². The molecule has 0 aliphatic rings. The van der Waals surface area contributed by atoms with Gasteiger partial charge in [-0.25, -0.2) is 0 Å². The van der Waals surface area contributed by atoms with E-state index < -0.39 is 0 Å². The molecule has 0 aliphatic heterocycles. The summed E-state index contributed by atoms with van der Waals surface area (Å²) < 4.78 is 4.00. The van der Waals surface area contributed by atoms with Crippen LogP contribution < -0.4 is 5.32 Å². The Hall–Kier alpha value is -0.480. The molecule has 0 aliphatic carbocycles. The van der Waals surface area contributed by atoms with E-state index in [-0.39, 0.29) is 0 Å². The molecule has 1 heterocycles. The quantitative estimate of drug-likeness (QED) is 0.692. The van der Waals surface area contributed by atoms with Gasteiger partial charge in [-0.05, 0) is 36.8 Å². The second-order valence-electron chi connectivity index (χ2n) is 4.98. The molecule has 18 heavy (non-hydrogen) atoms. The first-order valence-corrected chi connectivity index (χ1v) is 8.09. The summed E-state index contributed by atoms with van der Waals surface area (Å²) in [6, 6.07) is 0.451. The number of unbranched alkanes of at least 4 members (excludes halogenated alkanes) is 1. The number of hydrogen-bond acceptors (Lipinski definition) is 4. The van der Waals surface area contributed by atoms with Crippen LogP contribution in [0, 0.1) is 5.92 Å². The Morgan fingerprint density at radius 2 is 2.11 bits per heavy atom. The monoisotopic (exact) mass is 269 g/mol. The number of hydrogen-bond donors (Lipinski definition) is 1. The highest BCUT2D eigenvalue weighted by Crippen LogP contribution is 2.27. The highest BCUT2D eigenvalue weighted by atomic mass is 32.1. The van der Waals surface area contributed by atoms with Crippen LogP contribution in [-0.2, 0) is 0 Å². The molecule has 0 bridgehead atoms. The van der Waals surface area contributed by atoms with Gasteiger partial charge in [-0.15, -0.1) is 5.10 Å². The van der Waals surface area contributed by atoms with Crippen LogP contribution >= 0.6 is 11.5 Å². The van der Waals surface area contributed by atoms with Gasteiger partial charge in [0, 0.05) is 6.04 Å². The summed E-state index contributed by atoms with van der Waals surface area (Å²) in [5.74, 6) is 0.821. The lowest BCUT2D eigenvalue weighted by Gasteiger charge is -2.22. The van der Waals surface area contributed by atoms with Gasteiger partial charge in [0.05, 0.1) is 11.1 Å². The molecule has 4 heteroatoms. The van der Waals surface area contributed by atoms with E-state index in [4.69, 9.17) is 0 Å².